The van der Waals surface area contributed by atoms with Gasteiger partial charge in [0.1, 0.15) is 6.04 Å². The van der Waals surface area contributed by atoms with Gasteiger partial charge in [0.2, 0.25) is 18.6 Å². The fraction of sp³-hybridized carbons (Fsp3) is 0.333. The summed E-state index contributed by atoms with van der Waals surface area (Å²) in [7, 11) is 0. The quantitative estimate of drug-likeness (QED) is 0.890. The molecule has 0 bridgehead atoms. The van der Waals surface area contributed by atoms with Crippen molar-refractivity contribution in [3.05, 3.63) is 24.4 Å². The van der Waals surface area contributed by atoms with Crippen LogP contribution in [0.1, 0.15) is 12.8 Å². The Morgan fingerprint density at radius 1 is 1.30 bits per heavy atom. The van der Waals surface area contributed by atoms with E-state index in [2.05, 4.69) is 15.2 Å². The number of nitrogens with two attached hydrogens (primary N) is 1. The topological polar surface area (TPSA) is 103 Å². The van der Waals surface area contributed by atoms with Crippen LogP contribution in [0.5, 0.6) is 11.5 Å². The first-order valence-electron chi connectivity index (χ1n) is 7.38. The van der Waals surface area contributed by atoms with Crippen molar-refractivity contribution in [2.24, 2.45) is 5.73 Å². The van der Waals surface area contributed by atoms with Gasteiger partial charge in [-0.05, 0) is 31.0 Å². The van der Waals surface area contributed by atoms with Crippen molar-refractivity contribution >= 4 is 11.9 Å². The Bertz CT molecular complexity index is 767. The van der Waals surface area contributed by atoms with Crippen LogP contribution in [0.25, 0.3) is 11.3 Å². The molecule has 1 atom stereocenters. The molecule has 0 aliphatic carbocycles. The fourth-order valence-electron chi connectivity index (χ4n) is 2.91. The van der Waals surface area contributed by atoms with Gasteiger partial charge < -0.3 is 20.1 Å². The largest absolute Gasteiger partial charge is 0.454 e. The summed E-state index contributed by atoms with van der Waals surface area (Å²) < 4.78 is 10.7. The van der Waals surface area contributed by atoms with Crippen LogP contribution in [0.4, 0.5) is 5.95 Å². The van der Waals surface area contributed by atoms with Crippen molar-refractivity contribution < 1.29 is 14.3 Å². The molecule has 8 nitrogen and oxygen atoms in total. The lowest BCUT2D eigenvalue weighted by molar-refractivity contribution is -0.119. The molecule has 1 aromatic heterocycles. The predicted octanol–water partition coefficient (Wildman–Crippen LogP) is 0.721. The van der Waals surface area contributed by atoms with Crippen molar-refractivity contribution in [1.29, 1.82) is 0 Å². The number of ether oxygens (including phenoxy) is 2. The lowest BCUT2D eigenvalue weighted by Crippen LogP contribution is -2.41. The summed E-state index contributed by atoms with van der Waals surface area (Å²) in [5.74, 6) is 1.45. The fourth-order valence-corrected chi connectivity index (χ4v) is 2.91. The number of carbonyl (C=O) groups is 1. The summed E-state index contributed by atoms with van der Waals surface area (Å²) in [6, 6.07) is 5.20. The summed E-state index contributed by atoms with van der Waals surface area (Å²) in [5.41, 5.74) is 6.95. The Hall–Kier alpha value is -2.90. The molecule has 0 radical (unpaired) electrons. The van der Waals surface area contributed by atoms with E-state index in [0.29, 0.717) is 36.1 Å². The lowest BCUT2D eigenvalue weighted by Gasteiger charge is -2.21. The average molecular weight is 313 g/mol. The Balaban J connectivity index is 1.68. The molecule has 1 aromatic carbocycles. The van der Waals surface area contributed by atoms with Crippen LogP contribution in [0.2, 0.25) is 0 Å². The number of primary amides is 1. The number of benzene rings is 1. The van der Waals surface area contributed by atoms with E-state index in [1.807, 2.05) is 23.1 Å². The van der Waals surface area contributed by atoms with Gasteiger partial charge in [-0.25, -0.2) is 4.98 Å². The third-order valence-corrected chi connectivity index (χ3v) is 4.05. The molecule has 2 aliphatic heterocycles. The second-order valence-electron chi connectivity index (χ2n) is 5.46. The van der Waals surface area contributed by atoms with Crippen LogP contribution in [0, 0.1) is 0 Å². The predicted molar refractivity (Wildman–Crippen MR) is 80.9 cm³/mol. The molecule has 0 saturated carbocycles. The van der Waals surface area contributed by atoms with Gasteiger partial charge in [-0.3, -0.25) is 4.79 Å². The number of aromatic nitrogens is 3. The van der Waals surface area contributed by atoms with Crippen LogP contribution in [-0.4, -0.2) is 40.5 Å². The molecule has 1 fully saturated rings. The minimum absolute atomic E-state index is 0.222. The van der Waals surface area contributed by atoms with E-state index in [1.54, 1.807) is 6.20 Å². The molecule has 0 unspecified atom stereocenters. The number of hydrogen-bond donors (Lipinski definition) is 1. The zero-order chi connectivity index (χ0) is 15.8. The van der Waals surface area contributed by atoms with E-state index in [1.165, 1.54) is 0 Å². The first kappa shape index (κ1) is 13.7. The first-order chi connectivity index (χ1) is 11.2. The molecule has 1 amide bonds. The molecule has 2 aromatic rings. The molecular weight excluding hydrogens is 298 g/mol. The summed E-state index contributed by atoms with van der Waals surface area (Å²) in [6.07, 6.45) is 3.18. The SMILES string of the molecule is NC(=O)[C@@H]1CCCN1c1nncc(-c2ccc3c(c2)OCO3)n1. The zero-order valence-electron chi connectivity index (χ0n) is 12.3. The van der Waals surface area contributed by atoms with Gasteiger partial charge in [0.25, 0.3) is 0 Å². The van der Waals surface area contributed by atoms with Gasteiger partial charge in [0.05, 0.1) is 11.9 Å². The molecule has 118 valence electrons. The van der Waals surface area contributed by atoms with Crippen LogP contribution < -0.4 is 20.1 Å². The maximum atomic E-state index is 11.5. The van der Waals surface area contributed by atoms with Crippen molar-refractivity contribution in [2.75, 3.05) is 18.2 Å². The van der Waals surface area contributed by atoms with Crippen LogP contribution in [0.15, 0.2) is 24.4 Å². The van der Waals surface area contributed by atoms with Gasteiger partial charge in [-0.1, -0.05) is 0 Å². The minimum atomic E-state index is -0.371. The highest BCUT2D eigenvalue weighted by Crippen LogP contribution is 2.35. The molecule has 1 saturated heterocycles. The van der Waals surface area contributed by atoms with E-state index >= 15 is 0 Å². The van der Waals surface area contributed by atoms with Crippen LogP contribution in [-0.2, 0) is 4.79 Å². The summed E-state index contributed by atoms with van der Waals surface area (Å²) in [4.78, 5) is 17.9. The second-order valence-corrected chi connectivity index (χ2v) is 5.46. The highest BCUT2D eigenvalue weighted by molar-refractivity contribution is 5.83. The standard InChI is InChI=1S/C15H15N5O3/c16-14(21)11-2-1-5-20(11)15-18-10(7-17-19-15)9-3-4-12-13(6-9)23-8-22-12/h3-4,6-7,11H,1-2,5,8H2,(H2,16,21)/t11-/m0/s1. The molecule has 0 spiro atoms. The van der Waals surface area contributed by atoms with Gasteiger partial charge in [0, 0.05) is 12.1 Å². The van der Waals surface area contributed by atoms with E-state index < -0.39 is 0 Å². The normalized spacial score (nSPS) is 19.1. The van der Waals surface area contributed by atoms with Gasteiger partial charge in [0.15, 0.2) is 11.5 Å². The second kappa shape index (κ2) is 5.38. The highest BCUT2D eigenvalue weighted by atomic mass is 16.7. The summed E-state index contributed by atoms with van der Waals surface area (Å²) >= 11 is 0. The maximum Gasteiger partial charge on any atom is 0.246 e. The third-order valence-electron chi connectivity index (χ3n) is 4.05. The minimum Gasteiger partial charge on any atom is -0.454 e. The van der Waals surface area contributed by atoms with Gasteiger partial charge in [-0.2, -0.15) is 5.10 Å². The molecule has 4 rings (SSSR count). The third kappa shape index (κ3) is 2.41. The van der Waals surface area contributed by atoms with Crippen molar-refractivity contribution in [3.8, 4) is 22.8 Å². The van der Waals surface area contributed by atoms with Gasteiger partial charge in [-0.15, -0.1) is 5.10 Å². The van der Waals surface area contributed by atoms with Crippen LogP contribution in [0.3, 0.4) is 0 Å². The Kier molecular flexibility index (Phi) is 3.22. The Morgan fingerprint density at radius 3 is 3.04 bits per heavy atom. The number of rotatable bonds is 3. The van der Waals surface area contributed by atoms with E-state index in [9.17, 15) is 4.79 Å². The highest BCUT2D eigenvalue weighted by Gasteiger charge is 2.31. The number of hydrogen-bond acceptors (Lipinski definition) is 7. The van der Waals surface area contributed by atoms with E-state index in [-0.39, 0.29) is 18.7 Å². The van der Waals surface area contributed by atoms with Crippen molar-refractivity contribution in [2.45, 2.75) is 18.9 Å². The Morgan fingerprint density at radius 2 is 2.17 bits per heavy atom. The monoisotopic (exact) mass is 313 g/mol. The van der Waals surface area contributed by atoms with E-state index in [4.69, 9.17) is 15.2 Å². The number of fused-ring (bicyclic) bond motifs is 1. The maximum absolute atomic E-state index is 11.5. The molecule has 2 N–H and O–H groups in total. The van der Waals surface area contributed by atoms with Crippen molar-refractivity contribution in [3.63, 3.8) is 0 Å². The number of anilines is 1. The lowest BCUT2D eigenvalue weighted by atomic mass is 10.1. The average Bonchev–Trinajstić information content (AvgIpc) is 3.23. The Labute approximate surface area is 132 Å². The molecule has 2 aliphatic rings. The summed E-state index contributed by atoms with van der Waals surface area (Å²) in [5, 5.41) is 8.07. The number of carbonyl (C=O) groups excluding carboxylic acids is 1. The first-order valence-corrected chi connectivity index (χ1v) is 7.38. The molecular formula is C15H15N5O3. The van der Waals surface area contributed by atoms with E-state index in [0.717, 1.165) is 12.0 Å². The smallest absolute Gasteiger partial charge is 0.246 e. The number of amides is 1. The number of nitrogens with zero attached hydrogens (tertiary/aromatic N) is 4. The van der Waals surface area contributed by atoms with Crippen molar-refractivity contribution in [1.82, 2.24) is 15.2 Å². The summed E-state index contributed by atoms with van der Waals surface area (Å²) in [6.45, 7) is 0.917. The zero-order valence-corrected chi connectivity index (χ0v) is 12.3. The molecule has 3 heterocycles. The molecule has 23 heavy (non-hydrogen) atoms. The van der Waals surface area contributed by atoms with Crippen LogP contribution >= 0.6 is 0 Å². The molecule has 8 heteroatoms. The van der Waals surface area contributed by atoms with Gasteiger partial charge >= 0.3 is 0 Å².